The molecule has 3 aromatic rings. The summed E-state index contributed by atoms with van der Waals surface area (Å²) in [7, 11) is 1.33. The van der Waals surface area contributed by atoms with Gasteiger partial charge in [0, 0.05) is 12.2 Å². The predicted molar refractivity (Wildman–Crippen MR) is 118 cm³/mol. The number of methoxy groups -OCH3 is 1. The third-order valence-electron chi connectivity index (χ3n) is 5.51. The highest BCUT2D eigenvalue weighted by atomic mass is 32.1. The van der Waals surface area contributed by atoms with E-state index in [4.69, 9.17) is 14.5 Å². The van der Waals surface area contributed by atoms with Gasteiger partial charge >= 0.3 is 5.97 Å². The highest BCUT2D eigenvalue weighted by Crippen LogP contribution is 2.33. The quantitative estimate of drug-likeness (QED) is 0.563. The number of aromatic nitrogens is 1. The molecule has 30 heavy (non-hydrogen) atoms. The summed E-state index contributed by atoms with van der Waals surface area (Å²) in [6.07, 6.45) is 1.92. The standard InChI is InChI=1S/C23H24N2O4S/c1-14-6-11-19-20(15(14)2)24-23(30-19)25(13-18-5-4-12-29-18)21(26)16-7-9-17(10-8-16)22(27)28-3/h6-11,18H,4-5,12-13H2,1-3H3. The highest BCUT2D eigenvalue weighted by Gasteiger charge is 2.27. The molecule has 0 spiro atoms. The lowest BCUT2D eigenvalue weighted by Crippen LogP contribution is -2.37. The molecule has 4 rings (SSSR count). The topological polar surface area (TPSA) is 68.7 Å². The van der Waals surface area contributed by atoms with Crippen LogP contribution in [-0.2, 0) is 9.47 Å². The molecule has 1 aliphatic rings. The molecule has 0 aliphatic carbocycles. The first-order valence-corrected chi connectivity index (χ1v) is 10.8. The van der Waals surface area contributed by atoms with Crippen molar-refractivity contribution in [2.24, 2.45) is 0 Å². The first-order chi connectivity index (χ1) is 14.5. The van der Waals surface area contributed by atoms with Crippen LogP contribution in [0, 0.1) is 13.8 Å². The van der Waals surface area contributed by atoms with Crippen molar-refractivity contribution >= 4 is 38.6 Å². The number of amides is 1. The van der Waals surface area contributed by atoms with Gasteiger partial charge in [-0.2, -0.15) is 0 Å². The van der Waals surface area contributed by atoms with E-state index in [9.17, 15) is 9.59 Å². The maximum atomic E-state index is 13.4. The molecule has 7 heteroatoms. The summed E-state index contributed by atoms with van der Waals surface area (Å²) in [6, 6.07) is 10.7. The van der Waals surface area contributed by atoms with E-state index in [2.05, 4.69) is 26.0 Å². The molecule has 2 aromatic carbocycles. The van der Waals surface area contributed by atoms with Crippen LogP contribution in [0.3, 0.4) is 0 Å². The fourth-order valence-electron chi connectivity index (χ4n) is 3.59. The third kappa shape index (κ3) is 3.95. The van der Waals surface area contributed by atoms with Gasteiger partial charge < -0.3 is 9.47 Å². The Labute approximate surface area is 179 Å². The first-order valence-electron chi connectivity index (χ1n) is 9.96. The average Bonchev–Trinajstić information content (AvgIpc) is 3.44. The van der Waals surface area contributed by atoms with Gasteiger partial charge in [0.2, 0.25) is 0 Å². The van der Waals surface area contributed by atoms with E-state index in [1.165, 1.54) is 24.0 Å². The van der Waals surface area contributed by atoms with Crippen LogP contribution in [0.5, 0.6) is 0 Å². The number of anilines is 1. The molecular weight excluding hydrogens is 400 g/mol. The van der Waals surface area contributed by atoms with Crippen molar-refractivity contribution in [1.82, 2.24) is 4.98 Å². The summed E-state index contributed by atoms with van der Waals surface area (Å²) in [5, 5.41) is 0.663. The number of thiazole rings is 1. The van der Waals surface area contributed by atoms with E-state index in [0.29, 0.717) is 22.8 Å². The summed E-state index contributed by atoms with van der Waals surface area (Å²) in [5.41, 5.74) is 4.14. The van der Waals surface area contributed by atoms with Crippen molar-refractivity contribution in [3.63, 3.8) is 0 Å². The molecule has 2 heterocycles. The van der Waals surface area contributed by atoms with Crippen LogP contribution in [-0.4, -0.2) is 43.2 Å². The largest absolute Gasteiger partial charge is 0.465 e. The van der Waals surface area contributed by atoms with E-state index in [1.54, 1.807) is 29.2 Å². The molecule has 1 fully saturated rings. The molecule has 0 saturated carbocycles. The van der Waals surface area contributed by atoms with Crippen LogP contribution in [0.2, 0.25) is 0 Å². The van der Waals surface area contributed by atoms with Gasteiger partial charge in [-0.1, -0.05) is 17.4 Å². The van der Waals surface area contributed by atoms with Crippen molar-refractivity contribution in [2.45, 2.75) is 32.8 Å². The zero-order valence-electron chi connectivity index (χ0n) is 17.3. The zero-order chi connectivity index (χ0) is 21.3. The molecule has 1 saturated heterocycles. The van der Waals surface area contributed by atoms with Gasteiger partial charge in [0.15, 0.2) is 5.13 Å². The minimum atomic E-state index is -0.428. The Bertz CT molecular complexity index is 1080. The monoisotopic (exact) mass is 424 g/mol. The molecule has 1 aliphatic heterocycles. The van der Waals surface area contributed by atoms with Crippen molar-refractivity contribution in [3.05, 3.63) is 58.7 Å². The van der Waals surface area contributed by atoms with Crippen LogP contribution in [0.15, 0.2) is 36.4 Å². The number of esters is 1. The maximum Gasteiger partial charge on any atom is 0.337 e. The van der Waals surface area contributed by atoms with Crippen LogP contribution in [0.25, 0.3) is 10.2 Å². The number of carbonyl (C=O) groups excluding carboxylic acids is 2. The summed E-state index contributed by atoms with van der Waals surface area (Å²) in [5.74, 6) is -0.586. The SMILES string of the molecule is COC(=O)c1ccc(C(=O)N(CC2CCCO2)c2nc3c(C)c(C)ccc3s2)cc1. The van der Waals surface area contributed by atoms with Crippen LogP contribution >= 0.6 is 11.3 Å². The second kappa shape index (κ2) is 8.53. The summed E-state index contributed by atoms with van der Waals surface area (Å²) in [6.45, 7) is 5.29. The Balaban J connectivity index is 1.70. The normalized spacial score (nSPS) is 16.0. The number of benzene rings is 2. The average molecular weight is 425 g/mol. The van der Waals surface area contributed by atoms with Crippen molar-refractivity contribution in [3.8, 4) is 0 Å². The summed E-state index contributed by atoms with van der Waals surface area (Å²) in [4.78, 5) is 31.7. The Morgan fingerprint density at radius 2 is 1.90 bits per heavy atom. The minimum absolute atomic E-state index is 0.00172. The van der Waals surface area contributed by atoms with E-state index in [1.807, 2.05) is 0 Å². The number of hydrogen-bond donors (Lipinski definition) is 0. The Hall–Kier alpha value is -2.77. The predicted octanol–water partition coefficient (Wildman–Crippen LogP) is 4.53. The molecule has 0 N–H and O–H groups in total. The van der Waals surface area contributed by atoms with Crippen LogP contribution in [0.1, 0.15) is 44.7 Å². The van der Waals surface area contributed by atoms with E-state index in [-0.39, 0.29) is 12.0 Å². The highest BCUT2D eigenvalue weighted by molar-refractivity contribution is 7.22. The van der Waals surface area contributed by atoms with Crippen molar-refractivity contribution in [2.75, 3.05) is 25.2 Å². The van der Waals surface area contributed by atoms with Gasteiger partial charge in [0.1, 0.15) is 0 Å². The van der Waals surface area contributed by atoms with Crippen LogP contribution in [0.4, 0.5) is 5.13 Å². The van der Waals surface area contributed by atoms with E-state index in [0.717, 1.165) is 35.2 Å². The van der Waals surface area contributed by atoms with Gasteiger partial charge in [-0.05, 0) is 68.1 Å². The Morgan fingerprint density at radius 3 is 2.57 bits per heavy atom. The number of ether oxygens (including phenoxy) is 2. The number of rotatable bonds is 5. The smallest absolute Gasteiger partial charge is 0.337 e. The number of hydrogen-bond acceptors (Lipinski definition) is 6. The number of aryl methyl sites for hydroxylation is 2. The van der Waals surface area contributed by atoms with Crippen LogP contribution < -0.4 is 4.90 Å². The van der Waals surface area contributed by atoms with Gasteiger partial charge in [0.25, 0.3) is 5.91 Å². The molecule has 1 unspecified atom stereocenters. The molecule has 6 nitrogen and oxygen atoms in total. The number of nitrogens with zero attached hydrogens (tertiary/aromatic N) is 2. The lowest BCUT2D eigenvalue weighted by atomic mass is 10.1. The van der Waals surface area contributed by atoms with Gasteiger partial charge in [0.05, 0.1) is 35.5 Å². The number of carbonyl (C=O) groups is 2. The molecule has 156 valence electrons. The fourth-order valence-corrected chi connectivity index (χ4v) is 4.62. The third-order valence-corrected chi connectivity index (χ3v) is 6.56. The van der Waals surface area contributed by atoms with Crippen molar-refractivity contribution < 1.29 is 19.1 Å². The zero-order valence-corrected chi connectivity index (χ0v) is 18.1. The molecule has 1 atom stereocenters. The summed E-state index contributed by atoms with van der Waals surface area (Å²) < 4.78 is 11.6. The molecule has 0 radical (unpaired) electrons. The maximum absolute atomic E-state index is 13.4. The minimum Gasteiger partial charge on any atom is -0.465 e. The van der Waals surface area contributed by atoms with Gasteiger partial charge in [-0.15, -0.1) is 0 Å². The lowest BCUT2D eigenvalue weighted by Gasteiger charge is -2.23. The lowest BCUT2D eigenvalue weighted by molar-refractivity contribution is 0.0600. The molecule has 0 bridgehead atoms. The Kier molecular flexibility index (Phi) is 5.83. The fraction of sp³-hybridized carbons (Fsp3) is 0.348. The number of fused-ring (bicyclic) bond motifs is 1. The molecule has 1 amide bonds. The van der Waals surface area contributed by atoms with Gasteiger partial charge in [-0.25, -0.2) is 9.78 Å². The molecule has 1 aromatic heterocycles. The second-order valence-corrected chi connectivity index (χ2v) is 8.48. The van der Waals surface area contributed by atoms with Crippen molar-refractivity contribution in [1.29, 1.82) is 0 Å². The second-order valence-electron chi connectivity index (χ2n) is 7.47. The van der Waals surface area contributed by atoms with E-state index < -0.39 is 5.97 Å². The first kappa shape index (κ1) is 20.5. The molecular formula is C23H24N2O4S. The Morgan fingerprint density at radius 1 is 1.17 bits per heavy atom. The summed E-state index contributed by atoms with van der Waals surface area (Å²) >= 11 is 1.51. The van der Waals surface area contributed by atoms with E-state index >= 15 is 0 Å². The van der Waals surface area contributed by atoms with Gasteiger partial charge in [-0.3, -0.25) is 9.69 Å².